The zero-order chi connectivity index (χ0) is 13.0. The standard InChI is InChI=1S/C15H17BrN2/c1-11-3-4-14(16)13(9-11)15(17-2)10-12-5-7-18-8-6-12/h3-9,15,17H,10H2,1-2H3. The van der Waals surface area contributed by atoms with Crippen LogP contribution in [0.5, 0.6) is 0 Å². The van der Waals surface area contributed by atoms with E-state index in [1.807, 2.05) is 19.4 Å². The van der Waals surface area contributed by atoms with E-state index in [-0.39, 0.29) is 0 Å². The van der Waals surface area contributed by atoms with E-state index in [0.29, 0.717) is 6.04 Å². The number of hydrogen-bond donors (Lipinski definition) is 1. The highest BCUT2D eigenvalue weighted by atomic mass is 79.9. The lowest BCUT2D eigenvalue weighted by molar-refractivity contribution is 0.589. The van der Waals surface area contributed by atoms with E-state index in [4.69, 9.17) is 0 Å². The predicted molar refractivity (Wildman–Crippen MR) is 78.6 cm³/mol. The number of benzene rings is 1. The number of aromatic nitrogens is 1. The van der Waals surface area contributed by atoms with Crippen molar-refractivity contribution in [3.8, 4) is 0 Å². The first-order valence-electron chi connectivity index (χ1n) is 6.03. The van der Waals surface area contributed by atoms with Crippen LogP contribution in [0.1, 0.15) is 22.7 Å². The summed E-state index contributed by atoms with van der Waals surface area (Å²) < 4.78 is 1.15. The molecule has 0 aliphatic heterocycles. The third-order valence-electron chi connectivity index (χ3n) is 3.06. The summed E-state index contributed by atoms with van der Waals surface area (Å²) in [6.07, 6.45) is 4.64. The predicted octanol–water partition coefficient (Wildman–Crippen LogP) is 3.66. The van der Waals surface area contributed by atoms with Gasteiger partial charge in [0.05, 0.1) is 0 Å². The Labute approximate surface area is 117 Å². The molecule has 3 heteroatoms. The number of nitrogens with zero attached hydrogens (tertiary/aromatic N) is 1. The molecule has 0 aliphatic rings. The third-order valence-corrected chi connectivity index (χ3v) is 3.79. The highest BCUT2D eigenvalue weighted by molar-refractivity contribution is 9.10. The van der Waals surface area contributed by atoms with Gasteiger partial charge in [-0.05, 0) is 49.7 Å². The van der Waals surface area contributed by atoms with Gasteiger partial charge in [0.25, 0.3) is 0 Å². The highest BCUT2D eigenvalue weighted by Crippen LogP contribution is 2.26. The van der Waals surface area contributed by atoms with E-state index >= 15 is 0 Å². The molecule has 0 bridgehead atoms. The summed E-state index contributed by atoms with van der Waals surface area (Å²) in [5.41, 5.74) is 3.87. The second kappa shape index (κ2) is 6.12. The molecule has 0 saturated carbocycles. The van der Waals surface area contributed by atoms with E-state index in [0.717, 1.165) is 10.9 Å². The zero-order valence-corrected chi connectivity index (χ0v) is 12.2. The largest absolute Gasteiger partial charge is 0.313 e. The van der Waals surface area contributed by atoms with Crippen molar-refractivity contribution in [1.29, 1.82) is 0 Å². The van der Waals surface area contributed by atoms with Gasteiger partial charge in [0.15, 0.2) is 0 Å². The molecule has 2 rings (SSSR count). The summed E-state index contributed by atoms with van der Waals surface area (Å²) in [7, 11) is 2.00. The average Bonchev–Trinajstić information content (AvgIpc) is 2.40. The minimum Gasteiger partial charge on any atom is -0.313 e. The van der Waals surface area contributed by atoms with Gasteiger partial charge >= 0.3 is 0 Å². The molecule has 0 saturated heterocycles. The smallest absolute Gasteiger partial charge is 0.0369 e. The van der Waals surface area contributed by atoms with E-state index in [2.05, 4.69) is 63.5 Å². The van der Waals surface area contributed by atoms with Crippen molar-refractivity contribution < 1.29 is 0 Å². The van der Waals surface area contributed by atoms with Gasteiger partial charge in [-0.1, -0.05) is 33.6 Å². The van der Waals surface area contributed by atoms with Gasteiger partial charge in [0.1, 0.15) is 0 Å². The summed E-state index contributed by atoms with van der Waals surface area (Å²) in [5.74, 6) is 0. The molecule has 0 fully saturated rings. The summed E-state index contributed by atoms with van der Waals surface area (Å²) in [5, 5.41) is 3.38. The van der Waals surface area contributed by atoms with Crippen LogP contribution in [0.15, 0.2) is 47.2 Å². The Balaban J connectivity index is 2.26. The average molecular weight is 305 g/mol. The Morgan fingerprint density at radius 2 is 1.94 bits per heavy atom. The second-order valence-electron chi connectivity index (χ2n) is 4.43. The minimum atomic E-state index is 0.307. The van der Waals surface area contributed by atoms with Crippen molar-refractivity contribution in [1.82, 2.24) is 10.3 Å². The Kier molecular flexibility index (Phi) is 4.50. The van der Waals surface area contributed by atoms with Crippen LogP contribution >= 0.6 is 15.9 Å². The normalized spacial score (nSPS) is 12.4. The lowest BCUT2D eigenvalue weighted by atomic mass is 9.98. The van der Waals surface area contributed by atoms with E-state index in [1.165, 1.54) is 16.7 Å². The number of hydrogen-bond acceptors (Lipinski definition) is 2. The van der Waals surface area contributed by atoms with Crippen LogP contribution in [0, 0.1) is 6.92 Å². The molecule has 1 aromatic heterocycles. The first kappa shape index (κ1) is 13.2. The van der Waals surface area contributed by atoms with Crippen molar-refractivity contribution in [2.24, 2.45) is 0 Å². The fraction of sp³-hybridized carbons (Fsp3) is 0.267. The van der Waals surface area contributed by atoms with Gasteiger partial charge in [0, 0.05) is 22.9 Å². The summed E-state index contributed by atoms with van der Waals surface area (Å²) in [6.45, 7) is 2.12. The summed E-state index contributed by atoms with van der Waals surface area (Å²) in [6, 6.07) is 10.9. The molecule has 0 radical (unpaired) electrons. The Morgan fingerprint density at radius 3 is 2.61 bits per heavy atom. The maximum atomic E-state index is 4.05. The Hall–Kier alpha value is -1.19. The molecule has 1 atom stereocenters. The van der Waals surface area contributed by atoms with Crippen LogP contribution in [0.3, 0.4) is 0 Å². The highest BCUT2D eigenvalue weighted by Gasteiger charge is 2.13. The molecule has 0 aliphatic carbocycles. The number of halogens is 1. The van der Waals surface area contributed by atoms with Crippen molar-refractivity contribution >= 4 is 15.9 Å². The van der Waals surface area contributed by atoms with Crippen molar-refractivity contribution in [3.63, 3.8) is 0 Å². The number of nitrogens with one attached hydrogen (secondary N) is 1. The maximum absolute atomic E-state index is 4.05. The fourth-order valence-corrected chi connectivity index (χ4v) is 2.58. The molecule has 18 heavy (non-hydrogen) atoms. The van der Waals surface area contributed by atoms with Gasteiger partial charge in [-0.3, -0.25) is 4.98 Å². The van der Waals surface area contributed by atoms with Crippen LogP contribution in [-0.4, -0.2) is 12.0 Å². The van der Waals surface area contributed by atoms with Crippen LogP contribution in [0.4, 0.5) is 0 Å². The van der Waals surface area contributed by atoms with Gasteiger partial charge in [-0.2, -0.15) is 0 Å². The van der Waals surface area contributed by atoms with Gasteiger partial charge in [0.2, 0.25) is 0 Å². The molecule has 1 heterocycles. The molecule has 94 valence electrons. The molecular formula is C15H17BrN2. The quantitative estimate of drug-likeness (QED) is 0.932. The lowest BCUT2D eigenvalue weighted by Gasteiger charge is -2.19. The van der Waals surface area contributed by atoms with Gasteiger partial charge in [-0.25, -0.2) is 0 Å². The van der Waals surface area contributed by atoms with Crippen molar-refractivity contribution in [2.75, 3.05) is 7.05 Å². The zero-order valence-electron chi connectivity index (χ0n) is 10.7. The monoisotopic (exact) mass is 304 g/mol. The maximum Gasteiger partial charge on any atom is 0.0369 e. The third kappa shape index (κ3) is 3.18. The Bertz CT molecular complexity index is 511. The molecule has 2 aromatic rings. The first-order chi connectivity index (χ1) is 8.70. The van der Waals surface area contributed by atoms with Gasteiger partial charge in [-0.15, -0.1) is 0 Å². The number of likely N-dealkylation sites (N-methyl/N-ethyl adjacent to an activating group) is 1. The van der Waals surface area contributed by atoms with Crippen LogP contribution in [0.25, 0.3) is 0 Å². The molecular weight excluding hydrogens is 288 g/mol. The van der Waals surface area contributed by atoms with Crippen LogP contribution in [0.2, 0.25) is 0 Å². The molecule has 1 unspecified atom stereocenters. The van der Waals surface area contributed by atoms with Crippen LogP contribution in [-0.2, 0) is 6.42 Å². The molecule has 2 nitrogen and oxygen atoms in total. The SMILES string of the molecule is CNC(Cc1ccncc1)c1cc(C)ccc1Br. The molecule has 1 aromatic carbocycles. The van der Waals surface area contributed by atoms with E-state index in [9.17, 15) is 0 Å². The van der Waals surface area contributed by atoms with Crippen LogP contribution < -0.4 is 5.32 Å². The number of aryl methyl sites for hydroxylation is 1. The van der Waals surface area contributed by atoms with Gasteiger partial charge < -0.3 is 5.32 Å². The number of rotatable bonds is 4. The molecule has 0 amide bonds. The minimum absolute atomic E-state index is 0.307. The van der Waals surface area contributed by atoms with E-state index in [1.54, 1.807) is 0 Å². The summed E-state index contributed by atoms with van der Waals surface area (Å²) in [4.78, 5) is 4.05. The van der Waals surface area contributed by atoms with Crippen molar-refractivity contribution in [2.45, 2.75) is 19.4 Å². The number of pyridine rings is 1. The fourth-order valence-electron chi connectivity index (χ4n) is 2.05. The topological polar surface area (TPSA) is 24.9 Å². The second-order valence-corrected chi connectivity index (χ2v) is 5.28. The summed E-state index contributed by atoms with van der Waals surface area (Å²) >= 11 is 3.63. The molecule has 0 spiro atoms. The van der Waals surface area contributed by atoms with Crippen molar-refractivity contribution in [3.05, 3.63) is 63.9 Å². The Morgan fingerprint density at radius 1 is 1.22 bits per heavy atom. The first-order valence-corrected chi connectivity index (χ1v) is 6.82. The lowest BCUT2D eigenvalue weighted by Crippen LogP contribution is -2.19. The van der Waals surface area contributed by atoms with E-state index < -0.39 is 0 Å². The molecule has 1 N–H and O–H groups in total.